The monoisotopic (exact) mass is 1380 g/mol. The second-order valence-electron chi connectivity index (χ2n) is 28.2. The summed E-state index contributed by atoms with van der Waals surface area (Å²) in [6.45, 7) is 11.9. The van der Waals surface area contributed by atoms with E-state index >= 15 is 0 Å². The van der Waals surface area contributed by atoms with E-state index in [1.165, 1.54) is 186 Å². The van der Waals surface area contributed by atoms with Gasteiger partial charge < -0.3 is 33.8 Å². The van der Waals surface area contributed by atoms with Gasteiger partial charge in [0.2, 0.25) is 0 Å². The number of unbranched alkanes of at least 4 members (excludes halogenated alkanes) is 40. The Morgan fingerprint density at radius 3 is 0.809 bits per heavy atom. The fourth-order valence-electron chi connectivity index (χ4n) is 11.4. The molecule has 0 bridgehead atoms. The largest absolute Gasteiger partial charge is 0.472 e. The van der Waals surface area contributed by atoms with Crippen LogP contribution in [-0.4, -0.2) is 96.7 Å². The smallest absolute Gasteiger partial charge is 0.462 e. The molecule has 0 aliphatic carbocycles. The second kappa shape index (κ2) is 65.7. The van der Waals surface area contributed by atoms with Gasteiger partial charge in [-0.05, 0) is 43.4 Å². The Morgan fingerprint density at radius 2 is 0.543 bits per heavy atom. The van der Waals surface area contributed by atoms with Crippen LogP contribution in [0.2, 0.25) is 0 Å². The minimum absolute atomic E-state index is 0.105. The number of ether oxygens (including phenoxy) is 4. The minimum Gasteiger partial charge on any atom is -0.462 e. The molecule has 3 unspecified atom stereocenters. The van der Waals surface area contributed by atoms with Crippen LogP contribution in [0.25, 0.3) is 0 Å². The molecule has 0 spiro atoms. The lowest BCUT2D eigenvalue weighted by Gasteiger charge is -2.21. The molecule has 0 aromatic carbocycles. The number of esters is 4. The average molecular weight is 1380 g/mol. The van der Waals surface area contributed by atoms with Crippen LogP contribution in [0.4, 0.5) is 0 Å². The summed E-state index contributed by atoms with van der Waals surface area (Å²) in [6.07, 6.45) is 51.3. The lowest BCUT2D eigenvalue weighted by atomic mass is 10.00. The van der Waals surface area contributed by atoms with Gasteiger partial charge in [-0.3, -0.25) is 37.3 Å². The number of hydrogen-bond donors (Lipinski definition) is 3. The molecule has 0 fully saturated rings. The number of carbonyl (C=O) groups excluding carboxylic acids is 4. The van der Waals surface area contributed by atoms with Gasteiger partial charge >= 0.3 is 39.5 Å². The van der Waals surface area contributed by atoms with Gasteiger partial charge in [-0.25, -0.2) is 9.13 Å². The zero-order valence-corrected chi connectivity index (χ0v) is 63.2. The van der Waals surface area contributed by atoms with Crippen molar-refractivity contribution in [2.45, 2.75) is 401 Å². The quantitative estimate of drug-likeness (QED) is 0.0222. The van der Waals surface area contributed by atoms with E-state index in [-0.39, 0.29) is 25.7 Å². The number of aliphatic hydroxyl groups is 1. The zero-order valence-electron chi connectivity index (χ0n) is 61.4. The molecule has 0 amide bonds. The molecular weight excluding hydrogens is 1230 g/mol. The predicted octanol–water partition coefficient (Wildman–Crippen LogP) is 21.8. The molecule has 0 aliphatic heterocycles. The van der Waals surface area contributed by atoms with Crippen LogP contribution in [0.15, 0.2) is 0 Å². The number of rotatable bonds is 73. The maximum atomic E-state index is 13.1. The van der Waals surface area contributed by atoms with Gasteiger partial charge in [0, 0.05) is 25.7 Å². The van der Waals surface area contributed by atoms with Crippen LogP contribution in [0.3, 0.4) is 0 Å². The van der Waals surface area contributed by atoms with Crippen molar-refractivity contribution in [3.8, 4) is 0 Å². The fraction of sp³-hybridized carbons (Fsp3) is 0.947. The van der Waals surface area contributed by atoms with Crippen molar-refractivity contribution in [3.05, 3.63) is 0 Å². The Morgan fingerprint density at radius 1 is 0.309 bits per heavy atom. The summed E-state index contributed by atoms with van der Waals surface area (Å²) < 4.78 is 68.5. The van der Waals surface area contributed by atoms with Gasteiger partial charge in [-0.15, -0.1) is 0 Å². The first kappa shape index (κ1) is 92.1. The number of aliphatic hydroxyl groups excluding tert-OH is 1. The highest BCUT2D eigenvalue weighted by Crippen LogP contribution is 2.45. The maximum absolute atomic E-state index is 13.1. The van der Waals surface area contributed by atoms with E-state index in [0.29, 0.717) is 25.7 Å². The van der Waals surface area contributed by atoms with Gasteiger partial charge in [-0.1, -0.05) is 331 Å². The Kier molecular flexibility index (Phi) is 64.3. The minimum atomic E-state index is -4.96. The molecule has 3 N–H and O–H groups in total. The van der Waals surface area contributed by atoms with Crippen molar-refractivity contribution in [1.82, 2.24) is 0 Å². The molecule has 94 heavy (non-hydrogen) atoms. The summed E-state index contributed by atoms with van der Waals surface area (Å²) in [5, 5.41) is 10.6. The molecule has 0 aromatic rings. The summed E-state index contributed by atoms with van der Waals surface area (Å²) in [7, 11) is -9.91. The van der Waals surface area contributed by atoms with Gasteiger partial charge in [0.1, 0.15) is 19.3 Å². The SMILES string of the molecule is CCCCCCCCCCCCCCCCC(=O)OC[C@H](COP(=O)(O)OC[C@@H](O)COP(=O)(O)OC[C@@H](COC(=O)CCCCCCCCC(C)CC)OC(=O)CCCCCCCCCCCCC(C)C)OC(=O)CCCCCCCCCCCCCCCCC(C)C. The highest BCUT2D eigenvalue weighted by atomic mass is 31.2. The normalized spacial score (nSPS) is 14.4. The van der Waals surface area contributed by atoms with Gasteiger partial charge in [0.15, 0.2) is 12.2 Å². The van der Waals surface area contributed by atoms with E-state index in [4.69, 9.17) is 37.0 Å². The standard InChI is InChI=1S/C75H146O17P2/c1-8-10-11-12-13-14-15-16-20-23-29-34-42-49-56-72(77)85-62-70(91-74(79)58-51-44-35-30-24-21-18-17-19-22-27-32-39-46-53-66(3)4)64-89-93(81,82)87-60-69(76)61-88-94(83,84)90-65-71(63-86-73(78)57-50-43-38-37-41-48-55-68(7)9-2)92-75(80)59-52-45-36-31-26-25-28-33-40-47-54-67(5)6/h66-71,76H,8-65H2,1-7H3,(H,81,82)(H,83,84)/t68?,69-,70-,71-/m1/s1. The Labute approximate surface area is 575 Å². The van der Waals surface area contributed by atoms with Crippen LogP contribution >= 0.6 is 15.6 Å². The highest BCUT2D eigenvalue weighted by Gasteiger charge is 2.30. The van der Waals surface area contributed by atoms with Crippen LogP contribution in [0.1, 0.15) is 382 Å². The predicted molar refractivity (Wildman–Crippen MR) is 381 cm³/mol. The molecule has 17 nitrogen and oxygen atoms in total. The molecule has 0 saturated heterocycles. The van der Waals surface area contributed by atoms with Crippen LogP contribution < -0.4 is 0 Å². The molecule has 0 aromatic heterocycles. The van der Waals surface area contributed by atoms with E-state index in [1.807, 2.05) is 0 Å². The first-order chi connectivity index (χ1) is 45.3. The second-order valence-corrected chi connectivity index (χ2v) is 31.1. The lowest BCUT2D eigenvalue weighted by molar-refractivity contribution is -0.161. The van der Waals surface area contributed by atoms with E-state index in [0.717, 1.165) is 114 Å². The average Bonchev–Trinajstić information content (AvgIpc) is 1.43. The number of hydrogen-bond acceptors (Lipinski definition) is 15. The van der Waals surface area contributed by atoms with Crippen molar-refractivity contribution in [1.29, 1.82) is 0 Å². The molecule has 0 radical (unpaired) electrons. The summed E-state index contributed by atoms with van der Waals surface area (Å²) in [4.78, 5) is 72.8. The number of phosphoric ester groups is 2. The molecule has 0 rings (SSSR count). The maximum Gasteiger partial charge on any atom is 0.472 e. The van der Waals surface area contributed by atoms with Gasteiger partial charge in [0.05, 0.1) is 26.4 Å². The fourth-order valence-corrected chi connectivity index (χ4v) is 13.0. The molecule has 558 valence electrons. The zero-order chi connectivity index (χ0) is 69.4. The van der Waals surface area contributed by atoms with Gasteiger partial charge in [-0.2, -0.15) is 0 Å². The first-order valence-electron chi connectivity index (χ1n) is 38.9. The van der Waals surface area contributed by atoms with Crippen LogP contribution in [0, 0.1) is 17.8 Å². The number of phosphoric acid groups is 2. The van der Waals surface area contributed by atoms with Crippen molar-refractivity contribution >= 4 is 39.5 Å². The molecule has 0 aliphatic rings. The van der Waals surface area contributed by atoms with Gasteiger partial charge in [0.25, 0.3) is 0 Å². The lowest BCUT2D eigenvalue weighted by Crippen LogP contribution is -2.30. The van der Waals surface area contributed by atoms with E-state index < -0.39 is 97.5 Å². The first-order valence-corrected chi connectivity index (χ1v) is 41.9. The van der Waals surface area contributed by atoms with E-state index in [9.17, 15) is 43.2 Å². The Bertz CT molecular complexity index is 1840. The topological polar surface area (TPSA) is 237 Å². The molecule has 6 atom stereocenters. The molecule has 0 heterocycles. The van der Waals surface area contributed by atoms with Crippen LogP contribution in [-0.2, 0) is 65.4 Å². The van der Waals surface area contributed by atoms with E-state index in [1.54, 1.807) is 0 Å². The third-order valence-corrected chi connectivity index (χ3v) is 19.6. The molecular formula is C75H146O17P2. The summed E-state index contributed by atoms with van der Waals surface area (Å²) in [5.74, 6) is 0.159. The van der Waals surface area contributed by atoms with Crippen LogP contribution in [0.5, 0.6) is 0 Å². The van der Waals surface area contributed by atoms with Crippen molar-refractivity contribution in [2.75, 3.05) is 39.6 Å². The number of carbonyl (C=O) groups is 4. The van der Waals surface area contributed by atoms with E-state index in [2.05, 4.69) is 48.5 Å². The third-order valence-electron chi connectivity index (χ3n) is 17.7. The van der Waals surface area contributed by atoms with Crippen molar-refractivity contribution < 1.29 is 80.2 Å². The summed E-state index contributed by atoms with van der Waals surface area (Å²) in [5.41, 5.74) is 0. The molecule has 0 saturated carbocycles. The molecule has 19 heteroatoms. The highest BCUT2D eigenvalue weighted by molar-refractivity contribution is 7.47. The summed E-state index contributed by atoms with van der Waals surface area (Å²) in [6, 6.07) is 0. The van der Waals surface area contributed by atoms with Crippen molar-refractivity contribution in [3.63, 3.8) is 0 Å². The summed E-state index contributed by atoms with van der Waals surface area (Å²) >= 11 is 0. The Balaban J connectivity index is 5.26. The van der Waals surface area contributed by atoms with Crippen molar-refractivity contribution in [2.24, 2.45) is 17.8 Å². The Hall–Kier alpha value is -1.94. The third kappa shape index (κ3) is 67.3.